The van der Waals surface area contributed by atoms with Crippen molar-refractivity contribution in [1.82, 2.24) is 4.98 Å². The number of hydrogen-bond donors (Lipinski definition) is 2. The van der Waals surface area contributed by atoms with Gasteiger partial charge in [-0.05, 0) is 18.4 Å². The zero-order chi connectivity index (χ0) is 18.1. The Balaban J connectivity index is 0.00000243. The Morgan fingerprint density at radius 2 is 2.15 bits per heavy atom. The molecule has 3 N–H and O–H groups in total. The Morgan fingerprint density at radius 1 is 1.42 bits per heavy atom. The van der Waals surface area contributed by atoms with E-state index in [1.54, 1.807) is 17.8 Å². The van der Waals surface area contributed by atoms with E-state index in [4.69, 9.17) is 22.7 Å². The molecule has 0 aliphatic heterocycles. The van der Waals surface area contributed by atoms with Crippen LogP contribution in [0.25, 0.3) is 21.8 Å². The molecule has 0 radical (unpaired) electrons. The molecule has 0 atom stereocenters. The first-order valence-corrected chi connectivity index (χ1v) is 10.1. The Kier molecular flexibility index (Phi) is 6.64. The quantitative estimate of drug-likeness (QED) is 0.176. The zero-order valence-corrected chi connectivity index (χ0v) is 17.2. The summed E-state index contributed by atoms with van der Waals surface area (Å²) >= 11 is 10.3. The van der Waals surface area contributed by atoms with Crippen molar-refractivity contribution in [2.75, 3.05) is 6.26 Å². The average molecular weight is 447 g/mol. The number of nitrogen functional groups attached to an aromatic ring is 1. The van der Waals surface area contributed by atoms with Crippen LogP contribution < -0.4 is 5.73 Å². The van der Waals surface area contributed by atoms with Crippen molar-refractivity contribution in [2.45, 2.75) is 4.21 Å². The number of amidine groups is 1. The monoisotopic (exact) mass is 446 g/mol. The molecule has 0 aliphatic rings. The van der Waals surface area contributed by atoms with Gasteiger partial charge in [0, 0.05) is 22.6 Å². The van der Waals surface area contributed by atoms with Crippen molar-refractivity contribution in [3.05, 3.63) is 49.7 Å². The number of thiazole rings is 1. The van der Waals surface area contributed by atoms with Gasteiger partial charge in [0.2, 0.25) is 0 Å². The highest BCUT2D eigenvalue weighted by Gasteiger charge is 2.18. The van der Waals surface area contributed by atoms with E-state index in [9.17, 15) is 10.1 Å². The molecule has 0 aliphatic carbocycles. The first-order chi connectivity index (χ1) is 11.9. The minimum absolute atomic E-state index is 0. The highest BCUT2D eigenvalue weighted by molar-refractivity contribution is 8.00. The minimum Gasteiger partial charge on any atom is -0.383 e. The molecular weight excluding hydrogens is 435 g/mol. The summed E-state index contributed by atoms with van der Waals surface area (Å²) in [4.78, 5) is 15.8. The number of benzene rings is 1. The van der Waals surface area contributed by atoms with E-state index in [0.29, 0.717) is 16.1 Å². The third-order valence-electron chi connectivity index (χ3n) is 3.32. The van der Waals surface area contributed by atoms with Crippen LogP contribution in [0, 0.1) is 15.5 Å². The average Bonchev–Trinajstić information content (AvgIpc) is 3.21. The number of rotatable bonds is 5. The van der Waals surface area contributed by atoms with E-state index in [1.165, 1.54) is 34.8 Å². The van der Waals surface area contributed by atoms with E-state index >= 15 is 0 Å². The molecule has 136 valence electrons. The van der Waals surface area contributed by atoms with E-state index in [1.807, 2.05) is 17.7 Å². The number of nitrogens with zero attached hydrogens (tertiary/aromatic N) is 2. The molecule has 0 saturated carbocycles. The Morgan fingerprint density at radius 3 is 2.77 bits per heavy atom. The van der Waals surface area contributed by atoms with Crippen LogP contribution in [0.5, 0.6) is 0 Å². The molecule has 3 rings (SSSR count). The summed E-state index contributed by atoms with van der Waals surface area (Å²) in [5.74, 6) is 0.0247. The molecule has 0 spiro atoms. The van der Waals surface area contributed by atoms with Crippen LogP contribution in [0.4, 0.5) is 5.69 Å². The lowest BCUT2D eigenvalue weighted by Crippen LogP contribution is -2.08. The fourth-order valence-electron chi connectivity index (χ4n) is 2.15. The molecular formula is C15H12Cl2N4O2S3. The maximum absolute atomic E-state index is 11.1. The van der Waals surface area contributed by atoms with Crippen molar-refractivity contribution in [3.63, 3.8) is 0 Å². The normalized spacial score (nSPS) is 10.4. The first-order valence-electron chi connectivity index (χ1n) is 6.83. The number of nitrogens with two attached hydrogens (primary N) is 1. The number of thiophene rings is 1. The third-order valence-corrected chi connectivity index (χ3v) is 6.82. The molecule has 1 aromatic carbocycles. The summed E-state index contributed by atoms with van der Waals surface area (Å²) in [6.07, 6.45) is 1.95. The molecule has 26 heavy (non-hydrogen) atoms. The summed E-state index contributed by atoms with van der Waals surface area (Å²) in [6.45, 7) is 0. The number of aromatic nitrogens is 1. The van der Waals surface area contributed by atoms with E-state index in [2.05, 4.69) is 4.98 Å². The van der Waals surface area contributed by atoms with Crippen LogP contribution in [0.2, 0.25) is 5.02 Å². The van der Waals surface area contributed by atoms with Gasteiger partial charge in [0.25, 0.3) is 5.69 Å². The number of nitro benzene ring substituents is 1. The van der Waals surface area contributed by atoms with Crippen LogP contribution >= 0.6 is 58.4 Å². The highest BCUT2D eigenvalue weighted by atomic mass is 35.5. The second-order valence-corrected chi connectivity index (χ2v) is 8.28. The van der Waals surface area contributed by atoms with Gasteiger partial charge in [-0.1, -0.05) is 17.7 Å². The molecule has 3 aromatic rings. The predicted octanol–water partition coefficient (Wildman–Crippen LogP) is 5.53. The smallest absolute Gasteiger partial charge is 0.288 e. The largest absolute Gasteiger partial charge is 0.383 e. The van der Waals surface area contributed by atoms with Gasteiger partial charge in [0.05, 0.1) is 19.7 Å². The Bertz CT molecular complexity index is 987. The van der Waals surface area contributed by atoms with Gasteiger partial charge in [-0.25, -0.2) is 4.98 Å². The van der Waals surface area contributed by atoms with Gasteiger partial charge < -0.3 is 5.73 Å². The van der Waals surface area contributed by atoms with Crippen LogP contribution in [0.3, 0.4) is 0 Å². The minimum atomic E-state index is -0.511. The first kappa shape index (κ1) is 20.7. The highest BCUT2D eigenvalue weighted by Crippen LogP contribution is 2.40. The number of nitrogens with one attached hydrogen (secondary N) is 1. The van der Waals surface area contributed by atoms with Gasteiger partial charge in [-0.3, -0.25) is 15.5 Å². The summed E-state index contributed by atoms with van der Waals surface area (Å²) in [6, 6.07) is 6.48. The fraction of sp³-hybridized carbons (Fsp3) is 0.0667. The van der Waals surface area contributed by atoms with Crippen molar-refractivity contribution >= 4 is 70.0 Å². The number of halogens is 2. The lowest BCUT2D eigenvalue weighted by atomic mass is 10.1. The lowest BCUT2D eigenvalue weighted by Gasteiger charge is -1.99. The summed E-state index contributed by atoms with van der Waals surface area (Å²) in [7, 11) is 0. The van der Waals surface area contributed by atoms with Crippen LogP contribution in [0.1, 0.15) is 4.88 Å². The molecule has 0 unspecified atom stereocenters. The number of thioether (sulfide) groups is 1. The van der Waals surface area contributed by atoms with Crippen molar-refractivity contribution in [1.29, 1.82) is 5.41 Å². The molecule has 2 aromatic heterocycles. The lowest BCUT2D eigenvalue weighted by molar-refractivity contribution is -0.384. The van der Waals surface area contributed by atoms with Gasteiger partial charge in [0.15, 0.2) is 0 Å². The van der Waals surface area contributed by atoms with E-state index in [0.717, 1.165) is 14.8 Å². The SMILES string of the molecule is CSc1sc(C(=N)N)cc1-c1nc(-c2ccc(Cl)c([N+](=O)[O-])c2)cs1.Cl. The Hall–Kier alpha value is -1.65. The Labute approximate surface area is 172 Å². The van der Waals surface area contributed by atoms with Crippen molar-refractivity contribution in [2.24, 2.45) is 5.73 Å². The van der Waals surface area contributed by atoms with Gasteiger partial charge in [0.1, 0.15) is 15.9 Å². The zero-order valence-electron chi connectivity index (χ0n) is 13.2. The van der Waals surface area contributed by atoms with Crippen molar-refractivity contribution < 1.29 is 4.92 Å². The summed E-state index contributed by atoms with van der Waals surface area (Å²) in [5.41, 5.74) is 7.62. The molecule has 0 bridgehead atoms. The second-order valence-electron chi connectivity index (χ2n) is 4.89. The van der Waals surface area contributed by atoms with Crippen molar-refractivity contribution in [3.8, 4) is 21.8 Å². The molecule has 0 fully saturated rings. The van der Waals surface area contributed by atoms with E-state index in [-0.39, 0.29) is 29.0 Å². The molecule has 6 nitrogen and oxygen atoms in total. The maximum Gasteiger partial charge on any atom is 0.288 e. The molecule has 11 heteroatoms. The molecule has 2 heterocycles. The van der Waals surface area contributed by atoms with Crippen LogP contribution in [-0.2, 0) is 0 Å². The topological polar surface area (TPSA) is 106 Å². The van der Waals surface area contributed by atoms with Crippen LogP contribution in [-0.4, -0.2) is 22.0 Å². The van der Waals surface area contributed by atoms with Gasteiger partial charge in [-0.15, -0.1) is 46.8 Å². The van der Waals surface area contributed by atoms with E-state index < -0.39 is 4.92 Å². The predicted molar refractivity (Wildman–Crippen MR) is 113 cm³/mol. The molecule has 0 saturated heterocycles. The van der Waals surface area contributed by atoms with Crippen LogP contribution in [0.15, 0.2) is 33.9 Å². The third kappa shape index (κ3) is 4.02. The number of hydrogen-bond acceptors (Lipinski definition) is 7. The number of nitro groups is 1. The maximum atomic E-state index is 11.1. The summed E-state index contributed by atoms with van der Waals surface area (Å²) in [5, 5.41) is 21.4. The summed E-state index contributed by atoms with van der Waals surface area (Å²) < 4.78 is 1.02. The molecule has 0 amide bonds. The van der Waals surface area contributed by atoms with Gasteiger partial charge in [-0.2, -0.15) is 0 Å². The van der Waals surface area contributed by atoms with Gasteiger partial charge >= 0.3 is 0 Å². The fourth-order valence-corrected chi connectivity index (χ4v) is 5.05. The standard InChI is InChI=1S/C15H11ClN4O2S3.ClH/c1-23-15-8(5-12(25-15)13(17)18)14-19-10(6-24-14)7-2-3-9(16)11(4-7)20(21)22;/h2-6H,1H3,(H3,17,18);1H. The second kappa shape index (κ2) is 8.36.